The van der Waals surface area contributed by atoms with Crippen LogP contribution < -0.4 is 10.3 Å². The Morgan fingerprint density at radius 1 is 1.06 bits per heavy atom. The third-order valence-electron chi connectivity index (χ3n) is 6.71. The van der Waals surface area contributed by atoms with Gasteiger partial charge in [-0.3, -0.25) is 4.79 Å². The topological polar surface area (TPSA) is 52.3 Å². The van der Waals surface area contributed by atoms with Crippen molar-refractivity contribution in [2.45, 2.75) is 33.7 Å². The maximum Gasteiger partial charge on any atom is 0.197 e. The number of benzene rings is 2. The highest BCUT2D eigenvalue weighted by Crippen LogP contribution is 2.33. The highest BCUT2D eigenvalue weighted by atomic mass is 16.1. The van der Waals surface area contributed by atoms with E-state index < -0.39 is 0 Å². The second-order valence-electron chi connectivity index (χ2n) is 9.22. The summed E-state index contributed by atoms with van der Waals surface area (Å²) in [5.41, 5.74) is 6.63. The molecule has 0 saturated carbocycles. The van der Waals surface area contributed by atoms with Gasteiger partial charge >= 0.3 is 0 Å². The number of anilines is 1. The smallest absolute Gasteiger partial charge is 0.197 e. The van der Waals surface area contributed by atoms with Gasteiger partial charge in [0.15, 0.2) is 5.43 Å². The lowest BCUT2D eigenvalue weighted by Crippen LogP contribution is -2.44. The molecule has 0 spiro atoms. The molecule has 0 bridgehead atoms. The Hall–Kier alpha value is -3.54. The van der Waals surface area contributed by atoms with E-state index in [4.69, 9.17) is 6.42 Å². The molecule has 0 N–H and O–H groups in total. The first-order valence-corrected chi connectivity index (χ1v) is 11.4. The highest BCUT2D eigenvalue weighted by Gasteiger charge is 2.23. The molecule has 1 aliphatic heterocycles. The molecule has 0 unspecified atom stereocenters. The molecule has 5 heteroatoms. The number of rotatable bonds is 3. The number of hydrogen-bond donors (Lipinski definition) is 0. The van der Waals surface area contributed by atoms with E-state index in [9.17, 15) is 10.1 Å². The summed E-state index contributed by atoms with van der Waals surface area (Å²) in [6, 6.07) is 11.8. The molecule has 2 aromatic carbocycles. The summed E-state index contributed by atoms with van der Waals surface area (Å²) in [6.45, 7) is 12.0. The predicted molar refractivity (Wildman–Crippen MR) is 136 cm³/mol. The molecule has 33 heavy (non-hydrogen) atoms. The zero-order valence-electron chi connectivity index (χ0n) is 20.1. The molecular formula is C28H30N4O. The van der Waals surface area contributed by atoms with Gasteiger partial charge in [-0.2, -0.15) is 5.26 Å². The SMILES string of the molecule is C#Cc1cc2c(=O)c(-c3ccc(C#N)cc3C)c(C)n(C(C)C)c2cc1N1CCN(C)CC1. The maximum atomic E-state index is 13.9. The number of nitrogens with zero attached hydrogens (tertiary/aromatic N) is 4. The number of hydrogen-bond acceptors (Lipinski definition) is 4. The summed E-state index contributed by atoms with van der Waals surface area (Å²) in [7, 11) is 2.13. The lowest BCUT2D eigenvalue weighted by Gasteiger charge is -2.35. The molecule has 1 saturated heterocycles. The summed E-state index contributed by atoms with van der Waals surface area (Å²) in [6.07, 6.45) is 5.93. The maximum absolute atomic E-state index is 13.9. The van der Waals surface area contributed by atoms with Gasteiger partial charge in [0.2, 0.25) is 0 Å². The summed E-state index contributed by atoms with van der Waals surface area (Å²) >= 11 is 0. The Morgan fingerprint density at radius 2 is 1.76 bits per heavy atom. The Kier molecular flexibility index (Phi) is 6.02. The first-order chi connectivity index (χ1) is 15.8. The van der Waals surface area contributed by atoms with Crippen LogP contribution in [0.4, 0.5) is 5.69 Å². The van der Waals surface area contributed by atoms with Crippen molar-refractivity contribution in [1.82, 2.24) is 9.47 Å². The average Bonchev–Trinajstić information content (AvgIpc) is 2.79. The number of terminal acetylenes is 1. The summed E-state index contributed by atoms with van der Waals surface area (Å²) in [5, 5.41) is 9.89. The number of pyridine rings is 1. The van der Waals surface area contributed by atoms with Crippen LogP contribution in [0, 0.1) is 37.5 Å². The lowest BCUT2D eigenvalue weighted by molar-refractivity contribution is 0.313. The quantitative estimate of drug-likeness (QED) is 0.566. The molecule has 168 valence electrons. The van der Waals surface area contributed by atoms with Gasteiger partial charge < -0.3 is 14.4 Å². The van der Waals surface area contributed by atoms with Crippen LogP contribution >= 0.6 is 0 Å². The van der Waals surface area contributed by atoms with E-state index in [0.717, 1.165) is 59.8 Å². The molecule has 0 atom stereocenters. The van der Waals surface area contributed by atoms with Crippen molar-refractivity contribution in [3.05, 3.63) is 62.9 Å². The normalized spacial score (nSPS) is 14.5. The number of likely N-dealkylation sites (N-methyl/N-ethyl adjacent to an activating group) is 1. The van der Waals surface area contributed by atoms with E-state index in [0.29, 0.717) is 16.5 Å². The molecule has 0 amide bonds. The molecule has 3 aromatic rings. The molecule has 1 aromatic heterocycles. The van der Waals surface area contributed by atoms with Gasteiger partial charge in [0, 0.05) is 54.4 Å². The minimum atomic E-state index is -0.0198. The van der Waals surface area contributed by atoms with Crippen LogP contribution in [0.2, 0.25) is 0 Å². The Bertz CT molecular complexity index is 1380. The van der Waals surface area contributed by atoms with E-state index in [1.54, 1.807) is 6.07 Å². The van der Waals surface area contributed by atoms with E-state index >= 15 is 0 Å². The first kappa shape index (κ1) is 22.6. The first-order valence-electron chi connectivity index (χ1n) is 11.4. The molecule has 5 nitrogen and oxygen atoms in total. The van der Waals surface area contributed by atoms with Crippen LogP contribution in [-0.2, 0) is 0 Å². The van der Waals surface area contributed by atoms with E-state index in [2.05, 4.69) is 53.3 Å². The molecule has 1 aliphatic rings. The Balaban J connectivity index is 2.03. The molecule has 1 fully saturated rings. The van der Waals surface area contributed by atoms with Gasteiger partial charge in [-0.25, -0.2) is 0 Å². The van der Waals surface area contributed by atoms with Gasteiger partial charge in [0.1, 0.15) is 0 Å². The van der Waals surface area contributed by atoms with Crippen molar-refractivity contribution >= 4 is 16.6 Å². The van der Waals surface area contributed by atoms with Crippen LogP contribution in [0.3, 0.4) is 0 Å². The van der Waals surface area contributed by atoms with Crippen molar-refractivity contribution in [3.8, 4) is 29.5 Å². The Labute approximate surface area is 195 Å². The molecule has 0 radical (unpaired) electrons. The number of aromatic nitrogens is 1. The molecular weight excluding hydrogens is 408 g/mol. The molecule has 2 heterocycles. The van der Waals surface area contributed by atoms with Crippen LogP contribution in [0.25, 0.3) is 22.0 Å². The fourth-order valence-electron chi connectivity index (χ4n) is 4.98. The minimum absolute atomic E-state index is 0.0198. The second-order valence-corrected chi connectivity index (χ2v) is 9.22. The van der Waals surface area contributed by atoms with Crippen molar-refractivity contribution < 1.29 is 0 Å². The highest BCUT2D eigenvalue weighted by molar-refractivity contribution is 5.91. The largest absolute Gasteiger partial charge is 0.368 e. The fraction of sp³-hybridized carbons (Fsp3) is 0.357. The Morgan fingerprint density at radius 3 is 2.33 bits per heavy atom. The van der Waals surface area contributed by atoms with Gasteiger partial charge in [0.25, 0.3) is 0 Å². The van der Waals surface area contributed by atoms with Gasteiger partial charge in [-0.05, 0) is 70.1 Å². The number of fused-ring (bicyclic) bond motifs is 1. The van der Waals surface area contributed by atoms with E-state index in [-0.39, 0.29) is 11.5 Å². The van der Waals surface area contributed by atoms with Crippen LogP contribution in [0.15, 0.2) is 35.1 Å². The summed E-state index contributed by atoms with van der Waals surface area (Å²) in [5.74, 6) is 2.83. The van der Waals surface area contributed by atoms with E-state index in [1.165, 1.54) is 0 Å². The monoisotopic (exact) mass is 438 g/mol. The fourth-order valence-corrected chi connectivity index (χ4v) is 4.98. The summed E-state index contributed by atoms with van der Waals surface area (Å²) in [4.78, 5) is 18.5. The van der Waals surface area contributed by atoms with E-state index in [1.807, 2.05) is 32.0 Å². The van der Waals surface area contributed by atoms with Gasteiger partial charge in [-0.1, -0.05) is 12.0 Å². The number of piperazine rings is 1. The van der Waals surface area contributed by atoms with Crippen LogP contribution in [-0.4, -0.2) is 42.7 Å². The summed E-state index contributed by atoms with van der Waals surface area (Å²) < 4.78 is 2.24. The van der Waals surface area contributed by atoms with Crippen molar-refractivity contribution in [3.63, 3.8) is 0 Å². The van der Waals surface area contributed by atoms with Crippen LogP contribution in [0.1, 0.15) is 42.3 Å². The zero-order chi connectivity index (χ0) is 23.9. The van der Waals surface area contributed by atoms with Gasteiger partial charge in [0.05, 0.1) is 22.8 Å². The number of aryl methyl sites for hydroxylation is 1. The third kappa shape index (κ3) is 3.90. The third-order valence-corrected chi connectivity index (χ3v) is 6.71. The van der Waals surface area contributed by atoms with Gasteiger partial charge in [-0.15, -0.1) is 6.42 Å². The average molecular weight is 439 g/mol. The predicted octanol–water partition coefficient (Wildman–Crippen LogP) is 4.47. The molecule has 4 rings (SSSR count). The van der Waals surface area contributed by atoms with Crippen molar-refractivity contribution in [1.29, 1.82) is 5.26 Å². The van der Waals surface area contributed by atoms with Crippen molar-refractivity contribution in [2.24, 2.45) is 0 Å². The second kappa shape index (κ2) is 8.77. The van der Waals surface area contributed by atoms with Crippen molar-refractivity contribution in [2.75, 3.05) is 38.1 Å². The lowest BCUT2D eigenvalue weighted by atomic mass is 9.94. The standard InChI is InChI=1S/C28H30N4O/c1-7-22-15-24-26(16-25(22)31-12-10-30(6)11-13-31)32(18(2)3)20(5)27(28(24)33)23-9-8-21(17-29)14-19(23)4/h1,8-9,14-16,18H,10-13H2,2-6H3. The van der Waals surface area contributed by atoms with Crippen LogP contribution in [0.5, 0.6) is 0 Å². The molecule has 0 aliphatic carbocycles. The number of nitriles is 1. The zero-order valence-corrected chi connectivity index (χ0v) is 20.1. The minimum Gasteiger partial charge on any atom is -0.368 e.